The van der Waals surface area contributed by atoms with E-state index >= 15 is 0 Å². The second-order valence-corrected chi connectivity index (χ2v) is 4.17. The van der Waals surface area contributed by atoms with Gasteiger partial charge in [0.25, 0.3) is 5.56 Å². The molecule has 0 spiro atoms. The van der Waals surface area contributed by atoms with Crippen molar-refractivity contribution >= 4 is 16.7 Å². The van der Waals surface area contributed by atoms with Gasteiger partial charge in [-0.25, -0.2) is 0 Å². The number of nitrogens with two attached hydrogens (primary N) is 1. The number of hydrogen-bond acceptors (Lipinski definition) is 3. The molecule has 0 bridgehead atoms. The molecule has 2 heterocycles. The summed E-state index contributed by atoms with van der Waals surface area (Å²) < 4.78 is 1.59. The molecule has 2 aromatic heterocycles. The highest BCUT2D eigenvalue weighted by molar-refractivity contribution is 5.87. The minimum Gasteiger partial charge on any atom is -0.382 e. The number of hydrogen-bond donors (Lipinski definition) is 2. The topological polar surface area (TPSA) is 76.7 Å². The molecule has 3 N–H and O–H groups in total. The summed E-state index contributed by atoms with van der Waals surface area (Å²) in [5.41, 5.74) is 8.08. The Bertz CT molecular complexity index is 785. The molecular formula is C13H12N4O. The summed E-state index contributed by atoms with van der Waals surface area (Å²) in [5.74, 6) is 0.234. The van der Waals surface area contributed by atoms with Gasteiger partial charge < -0.3 is 5.73 Å². The number of aryl methyl sites for hydroxylation is 1. The lowest BCUT2D eigenvalue weighted by atomic mass is 10.2. The number of H-pyrrole nitrogens is 1. The van der Waals surface area contributed by atoms with E-state index in [9.17, 15) is 4.79 Å². The molecule has 1 aromatic carbocycles. The predicted octanol–water partition coefficient (Wildman–Crippen LogP) is 1.60. The number of nitrogen functional groups attached to an aromatic ring is 1. The number of benzene rings is 1. The molecule has 0 saturated heterocycles. The molecule has 3 rings (SSSR count). The van der Waals surface area contributed by atoms with E-state index in [-0.39, 0.29) is 11.4 Å². The minimum atomic E-state index is -0.159. The summed E-state index contributed by atoms with van der Waals surface area (Å²) in [6.07, 6.45) is 1.73. The van der Waals surface area contributed by atoms with Crippen LogP contribution in [0.5, 0.6) is 0 Å². The standard InChI is InChI=1S/C13H12N4O/c1-8-4-2-3-5-10(8)17-7-6-9-11(13(17)18)12(14)16-15-9/h2-7H,1H3,(H3,14,15,16). The second-order valence-electron chi connectivity index (χ2n) is 4.17. The third-order valence-electron chi connectivity index (χ3n) is 3.02. The maximum absolute atomic E-state index is 12.4. The maximum atomic E-state index is 12.4. The van der Waals surface area contributed by atoms with Gasteiger partial charge >= 0.3 is 0 Å². The zero-order chi connectivity index (χ0) is 12.7. The van der Waals surface area contributed by atoms with Gasteiger partial charge in [-0.15, -0.1) is 0 Å². The summed E-state index contributed by atoms with van der Waals surface area (Å²) in [6, 6.07) is 9.50. The Kier molecular flexibility index (Phi) is 2.19. The fourth-order valence-electron chi connectivity index (χ4n) is 2.08. The molecular weight excluding hydrogens is 228 g/mol. The van der Waals surface area contributed by atoms with Crippen LogP contribution in [0.4, 0.5) is 5.82 Å². The summed E-state index contributed by atoms with van der Waals surface area (Å²) >= 11 is 0. The van der Waals surface area contributed by atoms with Crippen LogP contribution in [0.1, 0.15) is 5.56 Å². The number of rotatable bonds is 1. The van der Waals surface area contributed by atoms with Gasteiger partial charge in [0.15, 0.2) is 5.82 Å². The first-order valence-electron chi connectivity index (χ1n) is 5.59. The highest BCUT2D eigenvalue weighted by Crippen LogP contribution is 2.16. The van der Waals surface area contributed by atoms with Crippen LogP contribution in [-0.2, 0) is 0 Å². The van der Waals surface area contributed by atoms with E-state index in [4.69, 9.17) is 5.73 Å². The van der Waals surface area contributed by atoms with Crippen molar-refractivity contribution in [3.8, 4) is 5.69 Å². The van der Waals surface area contributed by atoms with E-state index in [2.05, 4.69) is 10.2 Å². The average Bonchev–Trinajstić information content (AvgIpc) is 2.74. The molecule has 3 aromatic rings. The molecule has 0 saturated carbocycles. The molecule has 5 heteroatoms. The third kappa shape index (κ3) is 1.41. The summed E-state index contributed by atoms with van der Waals surface area (Å²) in [5, 5.41) is 7.02. The van der Waals surface area contributed by atoms with Crippen LogP contribution in [0.15, 0.2) is 41.3 Å². The third-order valence-corrected chi connectivity index (χ3v) is 3.02. The van der Waals surface area contributed by atoms with Crippen molar-refractivity contribution < 1.29 is 0 Å². The van der Waals surface area contributed by atoms with Crippen LogP contribution >= 0.6 is 0 Å². The fraction of sp³-hybridized carbons (Fsp3) is 0.0769. The number of aromatic nitrogens is 3. The highest BCUT2D eigenvalue weighted by Gasteiger charge is 2.10. The zero-order valence-electron chi connectivity index (χ0n) is 9.84. The summed E-state index contributed by atoms with van der Waals surface area (Å²) in [6.45, 7) is 1.96. The largest absolute Gasteiger partial charge is 0.382 e. The first kappa shape index (κ1) is 10.6. The molecule has 0 fully saturated rings. The van der Waals surface area contributed by atoms with Gasteiger partial charge in [0.2, 0.25) is 0 Å². The lowest BCUT2D eigenvalue weighted by Crippen LogP contribution is -2.18. The molecule has 0 aliphatic heterocycles. The number of anilines is 1. The average molecular weight is 240 g/mol. The fourth-order valence-corrected chi connectivity index (χ4v) is 2.08. The Hall–Kier alpha value is -2.56. The van der Waals surface area contributed by atoms with Crippen LogP contribution in [0, 0.1) is 6.92 Å². The van der Waals surface area contributed by atoms with E-state index < -0.39 is 0 Å². The van der Waals surface area contributed by atoms with Crippen LogP contribution < -0.4 is 11.3 Å². The van der Waals surface area contributed by atoms with Crippen molar-refractivity contribution in [2.75, 3.05) is 5.73 Å². The number of pyridine rings is 1. The predicted molar refractivity (Wildman–Crippen MR) is 70.8 cm³/mol. The molecule has 0 unspecified atom stereocenters. The minimum absolute atomic E-state index is 0.159. The lowest BCUT2D eigenvalue weighted by Gasteiger charge is -2.08. The Balaban J connectivity index is 2.38. The van der Waals surface area contributed by atoms with Crippen LogP contribution in [0.25, 0.3) is 16.6 Å². The molecule has 90 valence electrons. The monoisotopic (exact) mass is 240 g/mol. The second kappa shape index (κ2) is 3.73. The van der Waals surface area contributed by atoms with Gasteiger partial charge in [0.1, 0.15) is 5.39 Å². The molecule has 18 heavy (non-hydrogen) atoms. The van der Waals surface area contributed by atoms with Crippen molar-refractivity contribution in [3.05, 3.63) is 52.4 Å². The van der Waals surface area contributed by atoms with Crippen LogP contribution in [0.3, 0.4) is 0 Å². The van der Waals surface area contributed by atoms with Crippen molar-refractivity contribution in [1.82, 2.24) is 14.8 Å². The molecule has 5 nitrogen and oxygen atoms in total. The molecule has 0 amide bonds. The van der Waals surface area contributed by atoms with Crippen molar-refractivity contribution in [2.24, 2.45) is 0 Å². The van der Waals surface area contributed by atoms with Gasteiger partial charge in [-0.05, 0) is 24.6 Å². The Morgan fingerprint density at radius 1 is 1.28 bits per heavy atom. The summed E-state index contributed by atoms with van der Waals surface area (Å²) in [4.78, 5) is 12.4. The van der Waals surface area contributed by atoms with Gasteiger partial charge in [-0.2, -0.15) is 5.10 Å². The van der Waals surface area contributed by atoms with Gasteiger partial charge in [0.05, 0.1) is 11.2 Å². The van der Waals surface area contributed by atoms with Crippen LogP contribution in [-0.4, -0.2) is 14.8 Å². The quantitative estimate of drug-likeness (QED) is 0.678. The lowest BCUT2D eigenvalue weighted by molar-refractivity contribution is 0.995. The Morgan fingerprint density at radius 2 is 2.06 bits per heavy atom. The highest BCUT2D eigenvalue weighted by atomic mass is 16.1. The molecule has 0 atom stereocenters. The SMILES string of the molecule is Cc1ccccc1-n1ccc2[nH]nc(N)c2c1=O. The number of para-hydroxylation sites is 1. The van der Waals surface area contributed by atoms with Gasteiger partial charge in [0, 0.05) is 6.20 Å². The number of fused-ring (bicyclic) bond motifs is 1. The van der Waals surface area contributed by atoms with Crippen molar-refractivity contribution in [1.29, 1.82) is 0 Å². The van der Waals surface area contributed by atoms with E-state index in [0.717, 1.165) is 11.3 Å². The number of aromatic amines is 1. The smallest absolute Gasteiger partial charge is 0.268 e. The zero-order valence-corrected chi connectivity index (χ0v) is 9.84. The molecule has 0 aliphatic rings. The molecule has 0 aliphatic carbocycles. The van der Waals surface area contributed by atoms with Gasteiger partial charge in [-0.3, -0.25) is 14.5 Å². The van der Waals surface area contributed by atoms with Crippen molar-refractivity contribution in [3.63, 3.8) is 0 Å². The summed E-state index contributed by atoms with van der Waals surface area (Å²) in [7, 11) is 0. The maximum Gasteiger partial charge on any atom is 0.268 e. The van der Waals surface area contributed by atoms with Crippen LogP contribution in [0.2, 0.25) is 0 Å². The van der Waals surface area contributed by atoms with E-state index in [1.807, 2.05) is 31.2 Å². The Labute approximate surface area is 103 Å². The Morgan fingerprint density at radius 3 is 2.83 bits per heavy atom. The first-order chi connectivity index (χ1) is 8.68. The van der Waals surface area contributed by atoms with E-state index in [1.165, 1.54) is 0 Å². The normalized spacial score (nSPS) is 10.9. The van der Waals surface area contributed by atoms with Crippen molar-refractivity contribution in [2.45, 2.75) is 6.92 Å². The number of nitrogens with one attached hydrogen (secondary N) is 1. The molecule has 0 radical (unpaired) electrons. The van der Waals surface area contributed by atoms with E-state index in [1.54, 1.807) is 16.8 Å². The van der Waals surface area contributed by atoms with E-state index in [0.29, 0.717) is 10.9 Å². The first-order valence-corrected chi connectivity index (χ1v) is 5.59. The number of nitrogens with zero attached hydrogens (tertiary/aromatic N) is 2. The van der Waals surface area contributed by atoms with Gasteiger partial charge in [-0.1, -0.05) is 18.2 Å².